The van der Waals surface area contributed by atoms with Crippen LogP contribution in [0.5, 0.6) is 0 Å². The molecule has 2 aliphatic heterocycles. The lowest BCUT2D eigenvalue weighted by Gasteiger charge is -2.63. The van der Waals surface area contributed by atoms with Crippen LogP contribution in [0.1, 0.15) is 107 Å². The predicted molar refractivity (Wildman–Crippen MR) is 168 cm³/mol. The first-order valence-electron chi connectivity index (χ1n) is 17.9. The van der Waals surface area contributed by atoms with Crippen molar-refractivity contribution in [3.8, 4) is 0 Å². The molecular weight excluding hydrogens is 588 g/mol. The molecule has 0 radical (unpaired) electrons. The molecule has 5 unspecified atom stereocenters. The Kier molecular flexibility index (Phi) is 7.48. The molecule has 7 rings (SSSR count). The van der Waals surface area contributed by atoms with Gasteiger partial charge in [-0.25, -0.2) is 5.84 Å². The van der Waals surface area contributed by atoms with E-state index in [9.17, 15) is 19.8 Å². The summed E-state index contributed by atoms with van der Waals surface area (Å²) in [7, 11) is 0. The first kappa shape index (κ1) is 33.2. The van der Waals surface area contributed by atoms with E-state index in [-0.39, 0.29) is 57.0 Å². The molecule has 0 aromatic carbocycles. The van der Waals surface area contributed by atoms with Crippen molar-refractivity contribution in [3.05, 3.63) is 0 Å². The number of esters is 1. The van der Waals surface area contributed by atoms with E-state index in [4.69, 9.17) is 24.8 Å². The van der Waals surface area contributed by atoms with Crippen LogP contribution in [0.4, 0.5) is 0 Å². The smallest absolute Gasteiger partial charge is 0.303 e. The first-order chi connectivity index (χ1) is 21.3. The third-order valence-electron chi connectivity index (χ3n) is 15.5. The Morgan fingerprint density at radius 1 is 1.09 bits per heavy atom. The Morgan fingerprint density at radius 2 is 1.76 bits per heavy atom. The summed E-state index contributed by atoms with van der Waals surface area (Å²) in [5.41, 5.74) is -1.43. The number of carbonyl (C=O) groups is 2. The van der Waals surface area contributed by atoms with E-state index in [1.807, 2.05) is 0 Å². The molecule has 7 aliphatic rings. The zero-order valence-corrected chi connectivity index (χ0v) is 29.2. The number of morpholine rings is 1. The maximum absolute atomic E-state index is 12.7. The number of rotatable bonds is 5. The quantitative estimate of drug-likeness (QED) is 0.230. The van der Waals surface area contributed by atoms with Crippen molar-refractivity contribution < 1.29 is 38.7 Å². The minimum absolute atomic E-state index is 0.0886. The number of fused-ring (bicyclic) bond motifs is 4. The number of amides is 1. The van der Waals surface area contributed by atoms with Crippen LogP contribution < -0.4 is 5.84 Å². The standard InChI is InChI=1S/C36H58N2O8/c1-19-17-21(28(32(5,6)42)44-20(2)39)45-26-25(19)33(7)13-14-36-18-35(36)12-11-24(46-30-29(41)38(37)15-16-43-30)31(3,4)22(35)9-10-23(36)34(33,8)27(26)40/h19,21-28,30,40,42H,9-18,37H2,1-8H3/t19-,21?,22+,23?,24+,25+,26?,27+,28+,30?,33-,34-,35?,36+/m1/s1. The van der Waals surface area contributed by atoms with Gasteiger partial charge < -0.3 is 29.2 Å². The first-order valence-corrected chi connectivity index (χ1v) is 17.9. The molecule has 1 amide bonds. The molecule has 4 N–H and O–H groups in total. The molecule has 5 saturated carbocycles. The molecule has 10 nitrogen and oxygen atoms in total. The van der Waals surface area contributed by atoms with Crippen LogP contribution in [0.25, 0.3) is 0 Å². The van der Waals surface area contributed by atoms with Gasteiger partial charge in [0.2, 0.25) is 6.29 Å². The van der Waals surface area contributed by atoms with E-state index < -0.39 is 36.2 Å². The van der Waals surface area contributed by atoms with Gasteiger partial charge in [-0.2, -0.15) is 0 Å². The SMILES string of the molecule is CC(=O)O[C@@H](C1C[C@@H](C)[C@H]2C(O1)[C@H](O)[C@@]1(C)C3CC[C@H]4C(C)(C)[C@@H](OC5OCCN(N)C5=O)CCC45C[C@@]35CC[C@]21C)C(C)(C)O. The number of ether oxygens (including phenoxy) is 4. The van der Waals surface area contributed by atoms with Gasteiger partial charge in [0.1, 0.15) is 0 Å². The molecule has 2 spiro atoms. The zero-order valence-electron chi connectivity index (χ0n) is 29.2. The Hall–Kier alpha value is -1.30. The number of nitrogens with zero attached hydrogens (tertiary/aromatic N) is 1. The molecule has 10 heteroatoms. The van der Waals surface area contributed by atoms with Gasteiger partial charge in [-0.05, 0) is 111 Å². The summed E-state index contributed by atoms with van der Waals surface area (Å²) in [6, 6.07) is 0. The third kappa shape index (κ3) is 4.22. The molecule has 7 fully saturated rings. The van der Waals surface area contributed by atoms with E-state index in [2.05, 4.69) is 34.6 Å². The van der Waals surface area contributed by atoms with Crippen LogP contribution in [-0.4, -0.2) is 82.7 Å². The molecule has 2 saturated heterocycles. The summed E-state index contributed by atoms with van der Waals surface area (Å²) in [4.78, 5) is 24.8. The number of nitrogens with two attached hydrogens (primary N) is 1. The Labute approximate surface area is 274 Å². The summed E-state index contributed by atoms with van der Waals surface area (Å²) in [5.74, 6) is 6.43. The maximum Gasteiger partial charge on any atom is 0.303 e. The van der Waals surface area contributed by atoms with Gasteiger partial charge in [0.05, 0.1) is 43.2 Å². The number of hydrogen-bond donors (Lipinski definition) is 3. The van der Waals surface area contributed by atoms with Crippen molar-refractivity contribution >= 4 is 11.9 Å². The van der Waals surface area contributed by atoms with Crippen LogP contribution in [0.15, 0.2) is 0 Å². The highest BCUT2D eigenvalue weighted by molar-refractivity contribution is 5.79. The minimum atomic E-state index is -1.27. The second kappa shape index (κ2) is 10.4. The second-order valence-electron chi connectivity index (χ2n) is 18.1. The number of hydrazine groups is 1. The van der Waals surface area contributed by atoms with Crippen LogP contribution in [-0.2, 0) is 28.5 Å². The average molecular weight is 647 g/mol. The Balaban J connectivity index is 1.15. The monoisotopic (exact) mass is 646 g/mol. The minimum Gasteiger partial charge on any atom is -0.457 e. The molecule has 0 bridgehead atoms. The Bertz CT molecular complexity index is 1270. The number of aliphatic hydroxyl groups is 2. The van der Waals surface area contributed by atoms with Crippen LogP contribution in [0, 0.1) is 50.7 Å². The lowest BCUT2D eigenvalue weighted by molar-refractivity contribution is -0.243. The zero-order chi connectivity index (χ0) is 33.4. The maximum atomic E-state index is 12.7. The molecule has 0 aromatic rings. The van der Waals surface area contributed by atoms with Crippen molar-refractivity contribution in [2.45, 2.75) is 149 Å². The summed E-state index contributed by atoms with van der Waals surface area (Å²) < 4.78 is 24.7. The van der Waals surface area contributed by atoms with Crippen molar-refractivity contribution in [2.24, 2.45) is 56.6 Å². The lowest BCUT2D eigenvalue weighted by Crippen LogP contribution is -2.60. The molecule has 46 heavy (non-hydrogen) atoms. The van der Waals surface area contributed by atoms with E-state index >= 15 is 0 Å². The molecule has 14 atom stereocenters. The van der Waals surface area contributed by atoms with Crippen LogP contribution in [0.3, 0.4) is 0 Å². The van der Waals surface area contributed by atoms with Gasteiger partial charge in [0.15, 0.2) is 6.10 Å². The molecule has 5 aliphatic carbocycles. The van der Waals surface area contributed by atoms with Gasteiger partial charge in [-0.15, -0.1) is 0 Å². The number of hydrogen-bond acceptors (Lipinski definition) is 9. The van der Waals surface area contributed by atoms with Gasteiger partial charge >= 0.3 is 5.97 Å². The summed E-state index contributed by atoms with van der Waals surface area (Å²) in [5, 5.41) is 24.7. The van der Waals surface area contributed by atoms with Gasteiger partial charge in [-0.1, -0.05) is 34.6 Å². The summed E-state index contributed by atoms with van der Waals surface area (Å²) >= 11 is 0. The van der Waals surface area contributed by atoms with Crippen molar-refractivity contribution in [2.75, 3.05) is 13.2 Å². The van der Waals surface area contributed by atoms with E-state index in [0.29, 0.717) is 31.4 Å². The molecular formula is C36H58N2O8. The highest BCUT2D eigenvalue weighted by Crippen LogP contribution is 2.89. The average Bonchev–Trinajstić information content (AvgIpc) is 3.59. The van der Waals surface area contributed by atoms with Gasteiger partial charge in [0.25, 0.3) is 5.91 Å². The second-order valence-corrected chi connectivity index (χ2v) is 18.1. The molecule has 0 aromatic heterocycles. The van der Waals surface area contributed by atoms with Crippen molar-refractivity contribution in [3.63, 3.8) is 0 Å². The topological polar surface area (TPSA) is 141 Å². The Morgan fingerprint density at radius 3 is 2.43 bits per heavy atom. The van der Waals surface area contributed by atoms with Crippen molar-refractivity contribution in [1.29, 1.82) is 0 Å². The van der Waals surface area contributed by atoms with Crippen LogP contribution >= 0.6 is 0 Å². The van der Waals surface area contributed by atoms with Crippen molar-refractivity contribution in [1.82, 2.24) is 5.01 Å². The molecule has 2 heterocycles. The van der Waals surface area contributed by atoms with Crippen LogP contribution in [0.2, 0.25) is 0 Å². The number of carbonyl (C=O) groups excluding carboxylic acids is 2. The lowest BCUT2D eigenvalue weighted by atomic mass is 9.41. The fourth-order valence-electron chi connectivity index (χ4n) is 13.4. The van der Waals surface area contributed by atoms with E-state index in [1.165, 1.54) is 24.8 Å². The predicted octanol–water partition coefficient (Wildman–Crippen LogP) is 3.95. The van der Waals surface area contributed by atoms with Gasteiger partial charge in [0, 0.05) is 12.3 Å². The van der Waals surface area contributed by atoms with E-state index in [1.54, 1.807) is 13.8 Å². The number of aliphatic hydroxyl groups excluding tert-OH is 1. The molecule has 260 valence electrons. The normalized spacial score (nSPS) is 51.6. The highest BCUT2D eigenvalue weighted by atomic mass is 16.7. The van der Waals surface area contributed by atoms with Gasteiger partial charge in [-0.3, -0.25) is 14.6 Å². The third-order valence-corrected chi connectivity index (χ3v) is 15.5. The van der Waals surface area contributed by atoms with E-state index in [0.717, 1.165) is 32.1 Å². The fourth-order valence-corrected chi connectivity index (χ4v) is 13.4. The highest BCUT2D eigenvalue weighted by Gasteiger charge is 2.84. The largest absolute Gasteiger partial charge is 0.457 e. The summed E-state index contributed by atoms with van der Waals surface area (Å²) in [6.45, 7) is 17.2. The fraction of sp³-hybridized carbons (Fsp3) is 0.944. The summed E-state index contributed by atoms with van der Waals surface area (Å²) in [6.07, 6.45) is 4.83.